The number of ether oxygens (including phenoxy) is 1. The highest BCUT2D eigenvalue weighted by molar-refractivity contribution is 6.19. The van der Waals surface area contributed by atoms with Crippen molar-refractivity contribution in [2.75, 3.05) is 26.1 Å². The van der Waals surface area contributed by atoms with E-state index >= 15 is 0 Å². The first-order valence-electron chi connectivity index (χ1n) is 6.65. The number of amides is 3. The predicted octanol–water partition coefficient (Wildman–Crippen LogP) is 2.42. The van der Waals surface area contributed by atoms with E-state index in [0.717, 1.165) is 4.90 Å². The molecule has 0 aliphatic rings. The van der Waals surface area contributed by atoms with Crippen LogP contribution < -0.4 is 9.64 Å². The Morgan fingerprint density at radius 2 is 1.73 bits per heavy atom. The van der Waals surface area contributed by atoms with Gasteiger partial charge in [-0.05, 0) is 36.4 Å². The lowest BCUT2D eigenvalue weighted by atomic mass is 10.2. The molecule has 0 saturated heterocycles. The first-order valence-corrected chi connectivity index (χ1v) is 6.65. The Bertz CT molecular complexity index is 654. The number of rotatable bonds is 3. The Morgan fingerprint density at radius 1 is 1.05 bits per heavy atom. The molecule has 22 heavy (non-hydrogen) atoms. The Balaban J connectivity index is 2.42. The van der Waals surface area contributed by atoms with E-state index in [1.54, 1.807) is 63.7 Å². The number of hydrogen-bond donors (Lipinski definition) is 0. The molecule has 0 radical (unpaired) electrons. The van der Waals surface area contributed by atoms with E-state index in [0.29, 0.717) is 11.4 Å². The summed E-state index contributed by atoms with van der Waals surface area (Å²) < 4.78 is 5.09. The molecule has 0 atom stereocenters. The average Bonchev–Trinajstić information content (AvgIpc) is 2.56. The van der Waals surface area contributed by atoms with Crippen molar-refractivity contribution in [3.63, 3.8) is 0 Å². The van der Waals surface area contributed by atoms with Crippen molar-refractivity contribution in [1.82, 2.24) is 9.88 Å². The van der Waals surface area contributed by atoms with Gasteiger partial charge in [-0.1, -0.05) is 6.07 Å². The molecule has 0 aliphatic heterocycles. The van der Waals surface area contributed by atoms with Crippen LogP contribution in [0.25, 0.3) is 0 Å². The van der Waals surface area contributed by atoms with Gasteiger partial charge >= 0.3 is 6.03 Å². The average molecular weight is 299 g/mol. The number of aromatic nitrogens is 1. The zero-order valence-corrected chi connectivity index (χ0v) is 12.7. The summed E-state index contributed by atoms with van der Waals surface area (Å²) in [4.78, 5) is 31.5. The van der Waals surface area contributed by atoms with Gasteiger partial charge in [0.25, 0.3) is 5.91 Å². The topological polar surface area (TPSA) is 62.7 Å². The second-order valence-electron chi connectivity index (χ2n) is 4.73. The maximum Gasteiger partial charge on any atom is 0.331 e. The third-order valence-corrected chi connectivity index (χ3v) is 2.99. The molecule has 6 heteroatoms. The van der Waals surface area contributed by atoms with Crippen LogP contribution in [0, 0.1) is 0 Å². The highest BCUT2D eigenvalue weighted by Gasteiger charge is 2.26. The minimum atomic E-state index is -0.482. The summed E-state index contributed by atoms with van der Waals surface area (Å²) in [7, 11) is 4.73. The third kappa shape index (κ3) is 3.22. The summed E-state index contributed by atoms with van der Waals surface area (Å²) in [5, 5.41) is 0. The van der Waals surface area contributed by atoms with Gasteiger partial charge in [0, 0.05) is 20.3 Å². The minimum Gasteiger partial charge on any atom is -0.497 e. The smallest absolute Gasteiger partial charge is 0.331 e. The zero-order chi connectivity index (χ0) is 16.1. The first-order chi connectivity index (χ1) is 10.5. The van der Waals surface area contributed by atoms with E-state index in [1.807, 2.05) is 0 Å². The quantitative estimate of drug-likeness (QED) is 0.873. The number of urea groups is 1. The molecular weight excluding hydrogens is 282 g/mol. The normalized spacial score (nSPS) is 9.95. The number of hydrogen-bond acceptors (Lipinski definition) is 4. The van der Waals surface area contributed by atoms with E-state index < -0.39 is 11.9 Å². The van der Waals surface area contributed by atoms with Crippen LogP contribution in [0.3, 0.4) is 0 Å². The molecule has 1 aromatic carbocycles. The molecule has 6 nitrogen and oxygen atoms in total. The van der Waals surface area contributed by atoms with Crippen LogP contribution in [0.15, 0.2) is 48.7 Å². The van der Waals surface area contributed by atoms with Gasteiger partial charge < -0.3 is 9.64 Å². The number of anilines is 1. The molecule has 0 unspecified atom stereocenters. The molecule has 0 saturated carbocycles. The highest BCUT2D eigenvalue weighted by Crippen LogP contribution is 2.21. The maximum atomic E-state index is 12.6. The number of carbonyl (C=O) groups excluding carboxylic acids is 2. The summed E-state index contributed by atoms with van der Waals surface area (Å²) in [6.07, 6.45) is 1.51. The zero-order valence-electron chi connectivity index (χ0n) is 12.7. The number of pyridine rings is 1. The Kier molecular flexibility index (Phi) is 4.73. The van der Waals surface area contributed by atoms with Gasteiger partial charge in [0.2, 0.25) is 0 Å². The lowest BCUT2D eigenvalue weighted by Gasteiger charge is -2.24. The predicted molar refractivity (Wildman–Crippen MR) is 83.1 cm³/mol. The Hall–Kier alpha value is -2.89. The third-order valence-electron chi connectivity index (χ3n) is 2.99. The van der Waals surface area contributed by atoms with E-state index in [9.17, 15) is 9.59 Å². The van der Waals surface area contributed by atoms with Crippen molar-refractivity contribution < 1.29 is 14.3 Å². The van der Waals surface area contributed by atoms with Crippen LogP contribution in [0.2, 0.25) is 0 Å². The maximum absolute atomic E-state index is 12.6. The fourth-order valence-corrected chi connectivity index (χ4v) is 1.85. The summed E-state index contributed by atoms with van der Waals surface area (Å²) in [5.74, 6) is 0.163. The molecule has 0 fully saturated rings. The van der Waals surface area contributed by atoms with Crippen molar-refractivity contribution >= 4 is 17.6 Å². The number of carbonyl (C=O) groups is 2. The number of methoxy groups -OCH3 is 1. The standard InChI is InChI=1S/C16H17N3O3/c1-18(2)16(21)19(12-7-9-13(22-3)10-8-12)15(20)14-6-4-5-11-17-14/h4-11H,1-3H3. The summed E-state index contributed by atoms with van der Waals surface area (Å²) in [6, 6.07) is 11.2. The van der Waals surface area contributed by atoms with Gasteiger partial charge in [0.15, 0.2) is 0 Å². The largest absolute Gasteiger partial charge is 0.497 e. The van der Waals surface area contributed by atoms with E-state index in [4.69, 9.17) is 4.74 Å². The monoisotopic (exact) mass is 299 g/mol. The molecule has 3 amide bonds. The second-order valence-corrected chi connectivity index (χ2v) is 4.73. The lowest BCUT2D eigenvalue weighted by Crippen LogP contribution is -2.43. The molecule has 114 valence electrons. The van der Waals surface area contributed by atoms with E-state index in [-0.39, 0.29) is 5.69 Å². The summed E-state index contributed by atoms with van der Waals surface area (Å²) in [5.41, 5.74) is 0.656. The van der Waals surface area contributed by atoms with Crippen LogP contribution in [0.4, 0.5) is 10.5 Å². The van der Waals surface area contributed by atoms with Gasteiger partial charge in [-0.15, -0.1) is 0 Å². The summed E-state index contributed by atoms with van der Waals surface area (Å²) in [6.45, 7) is 0. The number of nitrogens with zero attached hydrogens (tertiary/aromatic N) is 3. The van der Waals surface area contributed by atoms with Crippen molar-refractivity contribution in [2.24, 2.45) is 0 Å². The van der Waals surface area contributed by atoms with Crippen molar-refractivity contribution in [2.45, 2.75) is 0 Å². The lowest BCUT2D eigenvalue weighted by molar-refractivity contribution is 0.0984. The highest BCUT2D eigenvalue weighted by atomic mass is 16.5. The Labute approximate surface area is 128 Å². The van der Waals surface area contributed by atoms with Crippen molar-refractivity contribution in [3.8, 4) is 5.75 Å². The molecule has 1 aromatic heterocycles. The molecule has 0 bridgehead atoms. The number of benzene rings is 1. The molecule has 0 spiro atoms. The molecule has 0 N–H and O–H groups in total. The van der Waals surface area contributed by atoms with Crippen LogP contribution in [0.1, 0.15) is 10.5 Å². The van der Waals surface area contributed by atoms with Crippen LogP contribution in [-0.4, -0.2) is 43.0 Å². The van der Waals surface area contributed by atoms with Gasteiger partial charge in [-0.2, -0.15) is 0 Å². The minimum absolute atomic E-state index is 0.202. The SMILES string of the molecule is COc1ccc(N(C(=O)c2ccccn2)C(=O)N(C)C)cc1. The van der Waals surface area contributed by atoms with Crippen LogP contribution in [0.5, 0.6) is 5.75 Å². The molecule has 2 aromatic rings. The molecule has 0 aliphatic carbocycles. The van der Waals surface area contributed by atoms with Crippen molar-refractivity contribution in [1.29, 1.82) is 0 Å². The van der Waals surface area contributed by atoms with Gasteiger partial charge in [-0.3, -0.25) is 9.78 Å². The van der Waals surface area contributed by atoms with Gasteiger partial charge in [-0.25, -0.2) is 9.69 Å². The fraction of sp³-hybridized carbons (Fsp3) is 0.188. The van der Waals surface area contributed by atoms with Crippen molar-refractivity contribution in [3.05, 3.63) is 54.4 Å². The molecule has 1 heterocycles. The molecule has 2 rings (SSSR count). The van der Waals surface area contributed by atoms with Gasteiger partial charge in [0.1, 0.15) is 11.4 Å². The Morgan fingerprint density at radius 3 is 2.23 bits per heavy atom. The van der Waals surface area contributed by atoms with Gasteiger partial charge in [0.05, 0.1) is 12.8 Å². The van der Waals surface area contributed by atoms with E-state index in [2.05, 4.69) is 4.98 Å². The fourth-order valence-electron chi connectivity index (χ4n) is 1.85. The van der Waals surface area contributed by atoms with Crippen LogP contribution >= 0.6 is 0 Å². The summed E-state index contributed by atoms with van der Waals surface area (Å²) >= 11 is 0. The second kappa shape index (κ2) is 6.71. The van der Waals surface area contributed by atoms with E-state index in [1.165, 1.54) is 11.1 Å². The first kappa shape index (κ1) is 15.5. The number of imide groups is 1. The van der Waals surface area contributed by atoms with Crippen LogP contribution in [-0.2, 0) is 0 Å². The molecular formula is C16H17N3O3.